The zero-order valence-electron chi connectivity index (χ0n) is 13.6. The van der Waals surface area contributed by atoms with Crippen LogP contribution in [0.4, 0.5) is 6.01 Å². The lowest BCUT2D eigenvalue weighted by Gasteiger charge is -2.34. The first kappa shape index (κ1) is 15.5. The third-order valence-electron chi connectivity index (χ3n) is 4.27. The van der Waals surface area contributed by atoms with Gasteiger partial charge >= 0.3 is 6.01 Å². The molecule has 1 amide bonds. The van der Waals surface area contributed by atoms with Crippen molar-refractivity contribution in [3.8, 4) is 0 Å². The second-order valence-electron chi connectivity index (χ2n) is 5.99. The Morgan fingerprint density at radius 1 is 1.17 bits per heavy atom. The summed E-state index contributed by atoms with van der Waals surface area (Å²) in [5.74, 6) is 1.01. The van der Waals surface area contributed by atoms with Crippen LogP contribution in [0.15, 0.2) is 34.7 Å². The lowest BCUT2D eigenvalue weighted by Crippen LogP contribution is -2.49. The van der Waals surface area contributed by atoms with Crippen molar-refractivity contribution in [1.29, 1.82) is 0 Å². The fourth-order valence-electron chi connectivity index (χ4n) is 2.85. The molecule has 1 aliphatic rings. The maximum Gasteiger partial charge on any atom is 0.318 e. The quantitative estimate of drug-likeness (QED) is 0.866. The maximum atomic E-state index is 12.5. The minimum Gasteiger partial charge on any atom is -0.408 e. The molecule has 0 bridgehead atoms. The van der Waals surface area contributed by atoms with Gasteiger partial charge in [-0.05, 0) is 11.5 Å². The van der Waals surface area contributed by atoms with Crippen LogP contribution >= 0.6 is 0 Å². The Bertz CT molecular complexity index is 648. The molecule has 0 N–H and O–H groups in total. The molecule has 1 aromatic carbocycles. The van der Waals surface area contributed by atoms with Gasteiger partial charge in [0, 0.05) is 39.5 Å². The second-order valence-corrected chi connectivity index (χ2v) is 5.99. The Morgan fingerprint density at radius 2 is 1.87 bits per heavy atom. The van der Waals surface area contributed by atoms with E-state index in [0.717, 1.165) is 13.1 Å². The number of aromatic nitrogens is 2. The molecule has 122 valence electrons. The summed E-state index contributed by atoms with van der Waals surface area (Å²) in [6.45, 7) is 6.73. The molecule has 3 rings (SSSR count). The number of nitrogens with zero attached hydrogens (tertiary/aromatic N) is 4. The highest BCUT2D eigenvalue weighted by Crippen LogP contribution is 2.21. The Balaban J connectivity index is 1.52. The first-order valence-electron chi connectivity index (χ1n) is 8.01. The van der Waals surface area contributed by atoms with Crippen LogP contribution < -0.4 is 4.90 Å². The number of hydrogen-bond donors (Lipinski definition) is 0. The molecule has 1 atom stereocenters. The average Bonchev–Trinajstić information content (AvgIpc) is 3.02. The normalized spacial score (nSPS) is 16.4. The van der Waals surface area contributed by atoms with Crippen molar-refractivity contribution < 1.29 is 9.21 Å². The van der Waals surface area contributed by atoms with Crippen molar-refractivity contribution in [2.24, 2.45) is 0 Å². The van der Waals surface area contributed by atoms with Crippen LogP contribution in [0.3, 0.4) is 0 Å². The molecule has 0 aliphatic carbocycles. The summed E-state index contributed by atoms with van der Waals surface area (Å²) >= 11 is 0. The van der Waals surface area contributed by atoms with E-state index in [1.165, 1.54) is 5.56 Å². The standard InChI is InChI=1S/C17H22N4O2/c1-13(15-6-4-3-5-7-15)12-16(22)20-8-10-21(11-9-20)17-19-18-14(2)23-17/h3-7,13H,8-12H2,1-2H3. The van der Waals surface area contributed by atoms with Gasteiger partial charge in [-0.15, -0.1) is 5.10 Å². The van der Waals surface area contributed by atoms with Gasteiger partial charge in [-0.2, -0.15) is 0 Å². The molecule has 0 radical (unpaired) electrons. The van der Waals surface area contributed by atoms with Crippen LogP contribution in [0.25, 0.3) is 0 Å². The molecule has 1 saturated heterocycles. The first-order chi connectivity index (χ1) is 11.1. The highest BCUT2D eigenvalue weighted by molar-refractivity contribution is 5.77. The Hall–Kier alpha value is -2.37. The first-order valence-corrected chi connectivity index (χ1v) is 8.01. The van der Waals surface area contributed by atoms with E-state index < -0.39 is 0 Å². The molecule has 1 fully saturated rings. The summed E-state index contributed by atoms with van der Waals surface area (Å²) in [6.07, 6.45) is 0.545. The average molecular weight is 314 g/mol. The van der Waals surface area contributed by atoms with E-state index in [1.54, 1.807) is 6.92 Å². The van der Waals surface area contributed by atoms with E-state index >= 15 is 0 Å². The van der Waals surface area contributed by atoms with Crippen LogP contribution in [-0.4, -0.2) is 47.2 Å². The molecular formula is C17H22N4O2. The van der Waals surface area contributed by atoms with Gasteiger partial charge < -0.3 is 14.2 Å². The number of aryl methyl sites for hydroxylation is 1. The number of carbonyl (C=O) groups is 1. The van der Waals surface area contributed by atoms with Crippen molar-refractivity contribution in [2.45, 2.75) is 26.2 Å². The number of hydrogen-bond acceptors (Lipinski definition) is 5. The zero-order chi connectivity index (χ0) is 16.2. The van der Waals surface area contributed by atoms with Crippen LogP contribution in [0, 0.1) is 6.92 Å². The number of carbonyl (C=O) groups excluding carboxylic acids is 1. The van der Waals surface area contributed by atoms with E-state index in [4.69, 9.17) is 4.42 Å². The van der Waals surface area contributed by atoms with Gasteiger partial charge in [-0.25, -0.2) is 0 Å². The van der Waals surface area contributed by atoms with E-state index in [0.29, 0.717) is 31.4 Å². The predicted molar refractivity (Wildman–Crippen MR) is 87.3 cm³/mol. The summed E-state index contributed by atoms with van der Waals surface area (Å²) < 4.78 is 5.44. The lowest BCUT2D eigenvalue weighted by molar-refractivity contribution is -0.131. The van der Waals surface area contributed by atoms with Crippen molar-refractivity contribution in [1.82, 2.24) is 15.1 Å². The molecule has 0 spiro atoms. The second kappa shape index (κ2) is 6.81. The van der Waals surface area contributed by atoms with E-state index in [1.807, 2.05) is 28.0 Å². The largest absolute Gasteiger partial charge is 0.408 e. The van der Waals surface area contributed by atoms with Crippen molar-refractivity contribution in [3.63, 3.8) is 0 Å². The van der Waals surface area contributed by atoms with Gasteiger partial charge in [-0.3, -0.25) is 4.79 Å². The number of amides is 1. The molecule has 1 aromatic heterocycles. The van der Waals surface area contributed by atoms with Crippen molar-refractivity contribution in [2.75, 3.05) is 31.1 Å². The third-order valence-corrected chi connectivity index (χ3v) is 4.27. The van der Waals surface area contributed by atoms with Gasteiger partial charge in [0.15, 0.2) is 0 Å². The predicted octanol–water partition coefficient (Wildman–Crippen LogP) is 2.22. The van der Waals surface area contributed by atoms with Gasteiger partial charge in [0.25, 0.3) is 0 Å². The van der Waals surface area contributed by atoms with Crippen LogP contribution in [-0.2, 0) is 4.79 Å². The highest BCUT2D eigenvalue weighted by Gasteiger charge is 2.25. The van der Waals surface area contributed by atoms with Crippen LogP contribution in [0.1, 0.15) is 30.7 Å². The number of anilines is 1. The Kier molecular flexibility index (Phi) is 4.60. The van der Waals surface area contributed by atoms with Gasteiger partial charge in [0.2, 0.25) is 11.8 Å². The topological polar surface area (TPSA) is 62.5 Å². The lowest BCUT2D eigenvalue weighted by atomic mass is 9.97. The van der Waals surface area contributed by atoms with Gasteiger partial charge in [-0.1, -0.05) is 42.4 Å². The molecule has 6 heteroatoms. The molecule has 2 aromatic rings. The Labute approximate surface area is 136 Å². The summed E-state index contributed by atoms with van der Waals surface area (Å²) in [6, 6.07) is 10.7. The molecule has 2 heterocycles. The molecule has 1 unspecified atom stereocenters. The molecule has 6 nitrogen and oxygen atoms in total. The number of rotatable bonds is 4. The van der Waals surface area contributed by atoms with E-state index in [-0.39, 0.29) is 11.8 Å². The monoisotopic (exact) mass is 314 g/mol. The Morgan fingerprint density at radius 3 is 2.48 bits per heavy atom. The number of benzene rings is 1. The third kappa shape index (κ3) is 3.70. The fourth-order valence-corrected chi connectivity index (χ4v) is 2.85. The molecule has 23 heavy (non-hydrogen) atoms. The molecule has 1 aliphatic heterocycles. The summed E-state index contributed by atoms with van der Waals surface area (Å²) in [5, 5.41) is 7.88. The number of piperazine rings is 1. The summed E-state index contributed by atoms with van der Waals surface area (Å²) in [4.78, 5) is 16.4. The fraction of sp³-hybridized carbons (Fsp3) is 0.471. The van der Waals surface area contributed by atoms with Crippen molar-refractivity contribution in [3.05, 3.63) is 41.8 Å². The zero-order valence-corrected chi connectivity index (χ0v) is 13.6. The summed E-state index contributed by atoms with van der Waals surface area (Å²) in [5.41, 5.74) is 1.21. The molecule has 0 saturated carbocycles. The van der Waals surface area contributed by atoms with Crippen LogP contribution in [0.2, 0.25) is 0 Å². The summed E-state index contributed by atoms with van der Waals surface area (Å²) in [7, 11) is 0. The SMILES string of the molecule is Cc1nnc(N2CCN(C(=O)CC(C)c3ccccc3)CC2)o1. The highest BCUT2D eigenvalue weighted by atomic mass is 16.4. The van der Waals surface area contributed by atoms with Gasteiger partial charge in [0.1, 0.15) is 0 Å². The van der Waals surface area contributed by atoms with Crippen molar-refractivity contribution >= 4 is 11.9 Å². The van der Waals surface area contributed by atoms with E-state index in [9.17, 15) is 4.79 Å². The smallest absolute Gasteiger partial charge is 0.318 e. The van der Waals surface area contributed by atoms with Crippen LogP contribution in [0.5, 0.6) is 0 Å². The minimum atomic E-state index is 0.211. The maximum absolute atomic E-state index is 12.5. The molecular weight excluding hydrogens is 292 g/mol. The van der Waals surface area contributed by atoms with E-state index in [2.05, 4.69) is 29.3 Å². The minimum absolute atomic E-state index is 0.211. The van der Waals surface area contributed by atoms with Gasteiger partial charge in [0.05, 0.1) is 0 Å².